The molecule has 0 saturated heterocycles. The van der Waals surface area contributed by atoms with Gasteiger partial charge in [-0.15, -0.1) is 12.6 Å². The molecule has 0 aromatic rings. The van der Waals surface area contributed by atoms with Gasteiger partial charge in [0.1, 0.15) is 0 Å². The molecule has 1 aliphatic rings. The minimum Gasteiger partial charge on any atom is -0.179 e. The molecule has 0 aromatic carbocycles. The largest absolute Gasteiger partial charge is 0.179 e. The van der Waals surface area contributed by atoms with Gasteiger partial charge in [0.05, 0.1) is 0 Å². The average Bonchev–Trinajstić information content (AvgIpc) is 2.04. The second-order valence-corrected chi connectivity index (χ2v) is 4.19. The van der Waals surface area contributed by atoms with Crippen molar-refractivity contribution < 1.29 is 0 Å². The predicted molar refractivity (Wildman–Crippen MR) is 57.4 cm³/mol. The molecule has 1 aliphatic carbocycles. The van der Waals surface area contributed by atoms with E-state index in [0.717, 1.165) is 24.0 Å². The van der Waals surface area contributed by atoms with Gasteiger partial charge in [-0.05, 0) is 35.3 Å². The van der Waals surface area contributed by atoms with E-state index in [9.17, 15) is 0 Å². The zero-order chi connectivity index (χ0) is 8.27. The highest BCUT2D eigenvalue weighted by molar-refractivity contribution is 7.84. The van der Waals surface area contributed by atoms with E-state index in [0.29, 0.717) is 0 Å². The molecule has 11 heavy (non-hydrogen) atoms. The van der Waals surface area contributed by atoms with Crippen LogP contribution in [0.5, 0.6) is 0 Å². The molecular formula is C9H16S2. The highest BCUT2D eigenvalue weighted by Crippen LogP contribution is 2.33. The molecule has 0 heterocycles. The van der Waals surface area contributed by atoms with Crippen molar-refractivity contribution in [2.24, 2.45) is 11.8 Å². The van der Waals surface area contributed by atoms with E-state index in [-0.39, 0.29) is 0 Å². The Morgan fingerprint density at radius 1 is 1.55 bits per heavy atom. The van der Waals surface area contributed by atoms with Gasteiger partial charge < -0.3 is 0 Å². The molecule has 0 spiro atoms. The van der Waals surface area contributed by atoms with E-state index < -0.39 is 0 Å². The van der Waals surface area contributed by atoms with Gasteiger partial charge in [-0.1, -0.05) is 19.4 Å². The van der Waals surface area contributed by atoms with Crippen molar-refractivity contribution >= 4 is 25.3 Å². The summed E-state index contributed by atoms with van der Waals surface area (Å²) in [6.45, 7) is 2.26. The summed E-state index contributed by atoms with van der Waals surface area (Å²) >= 11 is 8.74. The lowest BCUT2D eigenvalue weighted by Crippen LogP contribution is -2.18. The first-order valence-corrected chi connectivity index (χ1v) is 5.34. The number of rotatable bonds is 2. The van der Waals surface area contributed by atoms with Crippen LogP contribution in [-0.2, 0) is 0 Å². The van der Waals surface area contributed by atoms with Crippen LogP contribution in [0.15, 0.2) is 11.0 Å². The second kappa shape index (κ2) is 4.46. The zero-order valence-corrected chi connectivity index (χ0v) is 8.74. The Bertz CT molecular complexity index is 152. The van der Waals surface area contributed by atoms with Gasteiger partial charge in [-0.2, -0.15) is 12.6 Å². The van der Waals surface area contributed by atoms with Crippen LogP contribution in [0.2, 0.25) is 0 Å². The van der Waals surface area contributed by atoms with Gasteiger partial charge in [-0.3, -0.25) is 0 Å². The third kappa shape index (κ3) is 2.45. The lowest BCUT2D eigenvalue weighted by molar-refractivity contribution is 0.343. The SMILES string of the molecule is CC[C@H]1CC=C(S)CC1CS. The molecule has 0 fully saturated rings. The summed E-state index contributed by atoms with van der Waals surface area (Å²) in [6, 6.07) is 0. The summed E-state index contributed by atoms with van der Waals surface area (Å²) < 4.78 is 0. The molecule has 0 radical (unpaired) electrons. The summed E-state index contributed by atoms with van der Waals surface area (Å²) in [5.41, 5.74) is 0. The van der Waals surface area contributed by atoms with Crippen LogP contribution in [0.3, 0.4) is 0 Å². The predicted octanol–water partition coefficient (Wildman–Crippen LogP) is 3.17. The topological polar surface area (TPSA) is 0 Å². The van der Waals surface area contributed by atoms with Crippen LogP contribution in [0.25, 0.3) is 0 Å². The van der Waals surface area contributed by atoms with Crippen molar-refractivity contribution in [3.63, 3.8) is 0 Å². The second-order valence-electron chi connectivity index (χ2n) is 3.25. The number of hydrogen-bond donors (Lipinski definition) is 2. The first kappa shape index (κ1) is 9.53. The van der Waals surface area contributed by atoms with Crippen molar-refractivity contribution in [3.05, 3.63) is 11.0 Å². The number of allylic oxidation sites excluding steroid dienone is 2. The van der Waals surface area contributed by atoms with Gasteiger partial charge >= 0.3 is 0 Å². The maximum absolute atomic E-state index is 4.38. The summed E-state index contributed by atoms with van der Waals surface area (Å²) in [7, 11) is 0. The Morgan fingerprint density at radius 2 is 2.27 bits per heavy atom. The van der Waals surface area contributed by atoms with Crippen LogP contribution in [-0.4, -0.2) is 5.75 Å². The molecular weight excluding hydrogens is 172 g/mol. The lowest BCUT2D eigenvalue weighted by atomic mass is 9.82. The Hall–Kier alpha value is 0.440. The van der Waals surface area contributed by atoms with Crippen molar-refractivity contribution in [2.75, 3.05) is 5.75 Å². The maximum Gasteiger partial charge on any atom is -0.00634 e. The minimum atomic E-state index is 0.765. The molecule has 0 bridgehead atoms. The fourth-order valence-electron chi connectivity index (χ4n) is 1.71. The molecule has 0 nitrogen and oxygen atoms in total. The molecule has 0 N–H and O–H groups in total. The molecule has 0 saturated carbocycles. The third-order valence-corrected chi connectivity index (χ3v) is 3.39. The summed E-state index contributed by atoms with van der Waals surface area (Å²) in [5, 5.41) is 0. The Balaban J connectivity index is 2.55. The minimum absolute atomic E-state index is 0.765. The fourth-order valence-corrected chi connectivity index (χ4v) is 2.48. The summed E-state index contributed by atoms with van der Waals surface area (Å²) in [5.74, 6) is 2.63. The molecule has 2 heteroatoms. The van der Waals surface area contributed by atoms with Gasteiger partial charge in [0.25, 0.3) is 0 Å². The average molecular weight is 188 g/mol. The van der Waals surface area contributed by atoms with Gasteiger partial charge in [0.2, 0.25) is 0 Å². The molecule has 2 atom stereocenters. The van der Waals surface area contributed by atoms with E-state index in [1.165, 1.54) is 17.7 Å². The molecule has 0 amide bonds. The first-order chi connectivity index (χ1) is 5.27. The fraction of sp³-hybridized carbons (Fsp3) is 0.778. The zero-order valence-electron chi connectivity index (χ0n) is 6.95. The van der Waals surface area contributed by atoms with E-state index in [4.69, 9.17) is 0 Å². The molecule has 0 aromatic heterocycles. The standard InChI is InChI=1S/C9H16S2/c1-2-7-3-4-9(11)5-8(7)6-10/h4,7-8,10-11H,2-3,5-6H2,1H3/t7-,8?/m0/s1. The molecule has 1 rings (SSSR count). The van der Waals surface area contributed by atoms with Gasteiger partial charge in [-0.25, -0.2) is 0 Å². The molecule has 1 unspecified atom stereocenters. The van der Waals surface area contributed by atoms with Crippen LogP contribution >= 0.6 is 25.3 Å². The van der Waals surface area contributed by atoms with Crippen molar-refractivity contribution in [2.45, 2.75) is 26.2 Å². The summed E-state index contributed by atoms with van der Waals surface area (Å²) in [6.07, 6.45) is 5.89. The first-order valence-electron chi connectivity index (χ1n) is 4.26. The van der Waals surface area contributed by atoms with Crippen molar-refractivity contribution in [1.82, 2.24) is 0 Å². The lowest BCUT2D eigenvalue weighted by Gasteiger charge is -2.27. The Morgan fingerprint density at radius 3 is 2.82 bits per heavy atom. The Kier molecular flexibility index (Phi) is 3.86. The van der Waals surface area contributed by atoms with Gasteiger partial charge in [0.15, 0.2) is 0 Å². The number of hydrogen-bond acceptors (Lipinski definition) is 2. The summed E-state index contributed by atoms with van der Waals surface area (Å²) in [4.78, 5) is 1.26. The van der Waals surface area contributed by atoms with Gasteiger partial charge in [0, 0.05) is 0 Å². The number of thiol groups is 2. The van der Waals surface area contributed by atoms with Crippen LogP contribution in [0.1, 0.15) is 26.2 Å². The van der Waals surface area contributed by atoms with Crippen LogP contribution in [0, 0.1) is 11.8 Å². The normalized spacial score (nSPS) is 31.7. The molecule has 64 valence electrons. The highest BCUT2D eigenvalue weighted by atomic mass is 32.1. The van der Waals surface area contributed by atoms with Crippen LogP contribution < -0.4 is 0 Å². The van der Waals surface area contributed by atoms with E-state index in [1.54, 1.807) is 0 Å². The third-order valence-electron chi connectivity index (χ3n) is 2.55. The smallest absolute Gasteiger partial charge is 0.00634 e. The van der Waals surface area contributed by atoms with Crippen LogP contribution in [0.4, 0.5) is 0 Å². The van der Waals surface area contributed by atoms with Crippen molar-refractivity contribution in [1.29, 1.82) is 0 Å². The van der Waals surface area contributed by atoms with E-state index >= 15 is 0 Å². The Labute approximate surface area is 80.3 Å². The monoisotopic (exact) mass is 188 g/mol. The molecule has 0 aliphatic heterocycles. The van der Waals surface area contributed by atoms with E-state index in [1.807, 2.05) is 0 Å². The van der Waals surface area contributed by atoms with E-state index in [2.05, 4.69) is 38.3 Å². The quantitative estimate of drug-likeness (QED) is 0.611. The maximum atomic E-state index is 4.38. The van der Waals surface area contributed by atoms with Crippen molar-refractivity contribution in [3.8, 4) is 0 Å². The highest BCUT2D eigenvalue weighted by Gasteiger charge is 2.21.